The Balaban J connectivity index is 2.18. The number of rotatable bonds is 0. The molecule has 6 nitrogen and oxygen atoms in total. The molecule has 0 aromatic heterocycles. The average Bonchev–Trinajstić information content (AvgIpc) is 2.46. The zero-order chi connectivity index (χ0) is 14.1. The van der Waals surface area contributed by atoms with E-state index in [1.54, 1.807) is 0 Å². The fourth-order valence-electron chi connectivity index (χ4n) is 2.31. The van der Waals surface area contributed by atoms with Crippen LogP contribution in [0.4, 0.5) is 0 Å². The summed E-state index contributed by atoms with van der Waals surface area (Å²) in [5.74, 6) is 0. The van der Waals surface area contributed by atoms with Crippen molar-refractivity contribution in [3.8, 4) is 0 Å². The molecule has 0 atom stereocenters. The van der Waals surface area contributed by atoms with Crippen LogP contribution in [0.3, 0.4) is 0 Å². The summed E-state index contributed by atoms with van der Waals surface area (Å²) in [4.78, 5) is 0. The van der Waals surface area contributed by atoms with Gasteiger partial charge in [-0.1, -0.05) is 64.2 Å². The van der Waals surface area contributed by atoms with Gasteiger partial charge in [-0.25, -0.2) is 0 Å². The first-order valence-electron chi connectivity index (χ1n) is 8.13. The van der Waals surface area contributed by atoms with Crippen molar-refractivity contribution in [2.45, 2.75) is 77.0 Å². The van der Waals surface area contributed by atoms with Crippen LogP contribution in [-0.2, 0) is 0 Å². The van der Waals surface area contributed by atoms with Gasteiger partial charge in [0.15, 0.2) is 0 Å². The van der Waals surface area contributed by atoms with Crippen molar-refractivity contribution in [1.82, 2.24) is 0 Å². The molecule has 0 aliphatic carbocycles. The predicted octanol–water partition coefficient (Wildman–Crippen LogP) is 5.87. The van der Waals surface area contributed by atoms with Crippen molar-refractivity contribution in [2.75, 3.05) is 13.1 Å². The third-order valence-electron chi connectivity index (χ3n) is 3.51. The van der Waals surface area contributed by atoms with Crippen molar-refractivity contribution >= 4 is 0 Å². The molecule has 0 radical (unpaired) electrons. The predicted molar refractivity (Wildman–Crippen MR) is 79.7 cm³/mol. The highest BCUT2D eigenvalue weighted by atomic mass is 15.6. The minimum Gasteiger partial charge on any atom is -0.167 e. The van der Waals surface area contributed by atoms with Gasteiger partial charge in [-0.15, -0.1) is 0 Å². The van der Waals surface area contributed by atoms with E-state index in [1.807, 2.05) is 0 Å². The molecule has 0 saturated heterocycles. The van der Waals surface area contributed by atoms with E-state index in [9.17, 15) is 0 Å². The number of hydrogen-bond acceptors (Lipinski definition) is 6. The molecule has 0 aromatic carbocycles. The molecule has 0 fully saturated rings. The Hall–Kier alpha value is -1.20. The smallest absolute Gasteiger partial charge is 0.0621 e. The lowest BCUT2D eigenvalue weighted by molar-refractivity contribution is 0.539. The van der Waals surface area contributed by atoms with E-state index in [0.29, 0.717) is 0 Å². The van der Waals surface area contributed by atoms with Gasteiger partial charge < -0.3 is 0 Å². The summed E-state index contributed by atoms with van der Waals surface area (Å²) < 4.78 is 0. The highest BCUT2D eigenvalue weighted by Crippen LogP contribution is 2.12. The number of nitrogens with zero attached hydrogens (tertiary/aromatic N) is 6. The quantitative estimate of drug-likeness (QED) is 0.532. The van der Waals surface area contributed by atoms with Gasteiger partial charge in [0.1, 0.15) is 0 Å². The molecule has 0 spiro atoms. The van der Waals surface area contributed by atoms with E-state index in [-0.39, 0.29) is 0 Å². The molecule has 0 amide bonds. The SMILES string of the molecule is C1CCCCCCCN=NN=NN=NCCCCCC1. The van der Waals surface area contributed by atoms with Crippen LogP contribution in [-0.4, -0.2) is 13.1 Å². The van der Waals surface area contributed by atoms with E-state index < -0.39 is 0 Å². The molecule has 0 N–H and O–H groups in total. The van der Waals surface area contributed by atoms with Crippen LogP contribution >= 0.6 is 0 Å². The van der Waals surface area contributed by atoms with E-state index in [4.69, 9.17) is 0 Å². The molecule has 1 aliphatic heterocycles. The fourth-order valence-corrected chi connectivity index (χ4v) is 2.31. The first-order valence-corrected chi connectivity index (χ1v) is 8.13. The Labute approximate surface area is 122 Å². The largest absolute Gasteiger partial charge is 0.167 e. The molecule has 20 heavy (non-hydrogen) atoms. The van der Waals surface area contributed by atoms with E-state index in [2.05, 4.69) is 31.1 Å². The van der Waals surface area contributed by atoms with Gasteiger partial charge in [0.25, 0.3) is 0 Å². The van der Waals surface area contributed by atoms with Crippen LogP contribution in [0.15, 0.2) is 31.1 Å². The Kier molecular flexibility index (Phi) is 12.0. The molecule has 0 saturated carbocycles. The summed E-state index contributed by atoms with van der Waals surface area (Å²) >= 11 is 0. The Bertz CT molecular complexity index is 259. The zero-order valence-electron chi connectivity index (χ0n) is 12.6. The molecule has 6 heteroatoms. The third-order valence-corrected chi connectivity index (χ3v) is 3.51. The van der Waals surface area contributed by atoms with Gasteiger partial charge in [-0.3, -0.25) is 0 Å². The maximum absolute atomic E-state index is 3.92. The van der Waals surface area contributed by atoms with Gasteiger partial charge in [-0.05, 0) is 33.7 Å². The summed E-state index contributed by atoms with van der Waals surface area (Å²) in [7, 11) is 0. The topological polar surface area (TPSA) is 74.2 Å². The molecule has 1 heterocycles. The van der Waals surface area contributed by atoms with Crippen molar-refractivity contribution in [1.29, 1.82) is 0 Å². The molecular weight excluding hydrogens is 252 g/mol. The fraction of sp³-hybridized carbons (Fsp3) is 1.00. The van der Waals surface area contributed by atoms with E-state index >= 15 is 0 Å². The second-order valence-electron chi connectivity index (χ2n) is 5.33. The van der Waals surface area contributed by atoms with Crippen LogP contribution in [0.2, 0.25) is 0 Å². The lowest BCUT2D eigenvalue weighted by atomic mass is 10.1. The first-order chi connectivity index (χ1) is 10.0. The normalized spacial score (nSPS) is 21.6. The zero-order valence-corrected chi connectivity index (χ0v) is 12.6. The summed E-state index contributed by atoms with van der Waals surface area (Å²) in [6, 6.07) is 0. The minimum atomic E-state index is 0.732. The maximum atomic E-state index is 3.92. The number of hydrogen-bond donors (Lipinski definition) is 0. The van der Waals surface area contributed by atoms with Crippen molar-refractivity contribution in [3.63, 3.8) is 0 Å². The average molecular weight is 280 g/mol. The van der Waals surface area contributed by atoms with Crippen molar-refractivity contribution in [2.24, 2.45) is 31.1 Å². The molecule has 0 bridgehead atoms. The maximum Gasteiger partial charge on any atom is 0.0621 e. The van der Waals surface area contributed by atoms with Crippen LogP contribution in [0, 0.1) is 0 Å². The second kappa shape index (κ2) is 14.2. The van der Waals surface area contributed by atoms with Crippen molar-refractivity contribution < 1.29 is 0 Å². The Morgan fingerprint density at radius 3 is 0.950 bits per heavy atom. The van der Waals surface area contributed by atoms with Crippen LogP contribution in [0.1, 0.15) is 77.0 Å². The molecule has 1 aliphatic rings. The van der Waals surface area contributed by atoms with Gasteiger partial charge in [-0.2, -0.15) is 10.2 Å². The highest BCUT2D eigenvalue weighted by molar-refractivity contribution is 4.50. The first kappa shape index (κ1) is 16.9. The van der Waals surface area contributed by atoms with Gasteiger partial charge in [0, 0.05) is 0 Å². The molecule has 114 valence electrons. The molecular formula is C14H28N6. The van der Waals surface area contributed by atoms with E-state index in [0.717, 1.165) is 25.9 Å². The van der Waals surface area contributed by atoms with E-state index in [1.165, 1.54) is 64.2 Å². The van der Waals surface area contributed by atoms with Gasteiger partial charge >= 0.3 is 0 Å². The Morgan fingerprint density at radius 1 is 0.300 bits per heavy atom. The summed E-state index contributed by atoms with van der Waals surface area (Å²) in [6.07, 6.45) is 15.5. The lowest BCUT2D eigenvalue weighted by Gasteiger charge is -2.02. The van der Waals surface area contributed by atoms with Crippen LogP contribution in [0.5, 0.6) is 0 Å². The standard InChI is InChI=1S/C14H28N6/c1-2-4-6-8-10-12-14-16-18-20-19-17-15-13-11-9-7-5-3-1/h1-14H2. The minimum absolute atomic E-state index is 0.732. The monoisotopic (exact) mass is 280 g/mol. The van der Waals surface area contributed by atoms with Crippen LogP contribution in [0.25, 0.3) is 0 Å². The molecule has 1 rings (SSSR count). The third kappa shape index (κ3) is 11.9. The summed E-state index contributed by atoms with van der Waals surface area (Å²) in [6.45, 7) is 1.46. The van der Waals surface area contributed by atoms with Gasteiger partial charge in [0.05, 0.1) is 13.1 Å². The second-order valence-corrected chi connectivity index (χ2v) is 5.33. The Morgan fingerprint density at radius 2 is 0.600 bits per heavy atom. The van der Waals surface area contributed by atoms with Crippen LogP contribution < -0.4 is 0 Å². The summed E-state index contributed by atoms with van der Waals surface area (Å²) in [5, 5.41) is 22.0. The lowest BCUT2D eigenvalue weighted by Crippen LogP contribution is -1.85. The molecule has 0 aromatic rings. The summed E-state index contributed by atoms with van der Waals surface area (Å²) in [5.41, 5.74) is 0. The highest BCUT2D eigenvalue weighted by Gasteiger charge is 1.94. The molecule has 0 unspecified atom stereocenters. The van der Waals surface area contributed by atoms with Gasteiger partial charge in [0.2, 0.25) is 0 Å². The van der Waals surface area contributed by atoms with Crippen molar-refractivity contribution in [3.05, 3.63) is 0 Å².